The lowest BCUT2D eigenvalue weighted by Gasteiger charge is -2.55. The van der Waals surface area contributed by atoms with Gasteiger partial charge in [0.1, 0.15) is 23.8 Å². The highest BCUT2D eigenvalue weighted by molar-refractivity contribution is 5.91. The molecule has 0 aromatic heterocycles. The van der Waals surface area contributed by atoms with Crippen LogP contribution in [0.3, 0.4) is 0 Å². The summed E-state index contributed by atoms with van der Waals surface area (Å²) in [7, 11) is 0. The SMILES string of the molecule is C.CCCN1CC(=O)N2[C@@H](Cc3ccc(NC=O)cc3)C(=O)N(Cc3ccc(F)cc3F)C[C@@H]2N1C(=O)NCc1ccccc1. The second kappa shape index (κ2) is 14.8. The molecule has 2 N–H and O–H groups in total. The molecule has 12 heteroatoms. The van der Waals surface area contributed by atoms with Gasteiger partial charge in [-0.1, -0.05) is 62.9 Å². The summed E-state index contributed by atoms with van der Waals surface area (Å²) in [5.41, 5.74) is 2.29. The number of fused-ring (bicyclic) bond motifs is 1. The van der Waals surface area contributed by atoms with Crippen LogP contribution in [0.15, 0.2) is 72.8 Å². The van der Waals surface area contributed by atoms with E-state index >= 15 is 0 Å². The Morgan fingerprint density at radius 3 is 2.40 bits per heavy atom. The number of carbonyl (C=O) groups excluding carboxylic acids is 4. The van der Waals surface area contributed by atoms with Crippen molar-refractivity contribution in [2.45, 2.75) is 52.5 Å². The van der Waals surface area contributed by atoms with E-state index in [1.807, 2.05) is 37.3 Å². The number of piperazine rings is 1. The molecule has 0 saturated carbocycles. The molecule has 2 aliphatic heterocycles. The molecular weight excluding hydrogens is 582 g/mol. The van der Waals surface area contributed by atoms with Crippen molar-refractivity contribution in [1.29, 1.82) is 0 Å². The van der Waals surface area contributed by atoms with Gasteiger partial charge in [0.05, 0.1) is 13.1 Å². The number of benzene rings is 3. The Balaban J connectivity index is 0.00000461. The molecule has 3 aromatic rings. The summed E-state index contributed by atoms with van der Waals surface area (Å²) in [5, 5.41) is 8.69. The topological polar surface area (TPSA) is 105 Å². The highest BCUT2D eigenvalue weighted by atomic mass is 19.1. The van der Waals surface area contributed by atoms with Gasteiger partial charge in [-0.25, -0.2) is 23.6 Å². The lowest BCUT2D eigenvalue weighted by atomic mass is 9.98. The Morgan fingerprint density at radius 2 is 1.73 bits per heavy atom. The van der Waals surface area contributed by atoms with Gasteiger partial charge in [-0.3, -0.25) is 14.4 Å². The summed E-state index contributed by atoms with van der Waals surface area (Å²) in [6.07, 6.45) is 0.470. The van der Waals surface area contributed by atoms with E-state index in [0.717, 1.165) is 23.3 Å². The molecule has 0 bridgehead atoms. The van der Waals surface area contributed by atoms with Crippen molar-refractivity contribution >= 4 is 29.9 Å². The molecule has 3 aromatic carbocycles. The first kappa shape index (κ1) is 33.1. The molecule has 238 valence electrons. The molecule has 2 heterocycles. The average molecular weight is 621 g/mol. The Kier molecular flexibility index (Phi) is 10.8. The molecule has 5 amide bonds. The second-order valence-corrected chi connectivity index (χ2v) is 10.8. The Labute approximate surface area is 261 Å². The first-order valence-electron chi connectivity index (χ1n) is 14.5. The van der Waals surface area contributed by atoms with Crippen LogP contribution in [0.2, 0.25) is 0 Å². The third-order valence-corrected chi connectivity index (χ3v) is 7.79. The van der Waals surface area contributed by atoms with Crippen molar-refractivity contribution in [3.63, 3.8) is 0 Å². The molecule has 2 fully saturated rings. The zero-order valence-electron chi connectivity index (χ0n) is 24.3. The zero-order valence-corrected chi connectivity index (χ0v) is 24.3. The fraction of sp³-hybridized carbons (Fsp3) is 0.333. The lowest BCUT2D eigenvalue weighted by Crippen LogP contribution is -2.76. The average Bonchev–Trinajstić information content (AvgIpc) is 3.01. The van der Waals surface area contributed by atoms with Crippen LogP contribution in [-0.4, -0.2) is 75.9 Å². The number of hydrogen-bond acceptors (Lipinski definition) is 5. The van der Waals surface area contributed by atoms with E-state index < -0.39 is 35.8 Å². The smallest absolute Gasteiger partial charge is 0.333 e. The van der Waals surface area contributed by atoms with Crippen LogP contribution in [-0.2, 0) is 33.9 Å². The predicted octanol–water partition coefficient (Wildman–Crippen LogP) is 4.13. The van der Waals surface area contributed by atoms with Crippen LogP contribution >= 0.6 is 0 Å². The van der Waals surface area contributed by atoms with Crippen molar-refractivity contribution in [2.24, 2.45) is 0 Å². The number of nitrogens with one attached hydrogen (secondary N) is 2. The Bertz CT molecular complexity index is 1510. The quantitative estimate of drug-likeness (QED) is 0.332. The molecule has 0 aliphatic carbocycles. The predicted molar refractivity (Wildman–Crippen MR) is 165 cm³/mol. The maximum absolute atomic E-state index is 14.7. The largest absolute Gasteiger partial charge is 0.334 e. The maximum Gasteiger partial charge on any atom is 0.334 e. The number of nitrogens with zero attached hydrogens (tertiary/aromatic N) is 4. The fourth-order valence-electron chi connectivity index (χ4n) is 5.73. The van der Waals surface area contributed by atoms with Crippen molar-refractivity contribution in [3.05, 3.63) is 101 Å². The molecule has 5 rings (SSSR count). The fourth-order valence-corrected chi connectivity index (χ4v) is 5.73. The van der Waals surface area contributed by atoms with Crippen LogP contribution in [0.1, 0.15) is 37.5 Å². The van der Waals surface area contributed by atoms with E-state index in [4.69, 9.17) is 0 Å². The molecule has 2 saturated heterocycles. The van der Waals surface area contributed by atoms with E-state index in [0.29, 0.717) is 25.1 Å². The van der Waals surface area contributed by atoms with Crippen molar-refractivity contribution in [1.82, 2.24) is 25.1 Å². The van der Waals surface area contributed by atoms with Gasteiger partial charge in [0.25, 0.3) is 0 Å². The van der Waals surface area contributed by atoms with Gasteiger partial charge in [0, 0.05) is 43.4 Å². The normalized spacial score (nSPS) is 18.2. The van der Waals surface area contributed by atoms with Crippen LogP contribution < -0.4 is 10.6 Å². The van der Waals surface area contributed by atoms with Gasteiger partial charge in [-0.2, -0.15) is 0 Å². The molecular formula is C33H38F2N6O4. The first-order chi connectivity index (χ1) is 21.3. The first-order valence-corrected chi connectivity index (χ1v) is 14.5. The second-order valence-electron chi connectivity index (χ2n) is 10.8. The van der Waals surface area contributed by atoms with Crippen molar-refractivity contribution in [3.8, 4) is 0 Å². The van der Waals surface area contributed by atoms with Crippen LogP contribution in [0.25, 0.3) is 0 Å². The van der Waals surface area contributed by atoms with Gasteiger partial charge in [-0.15, -0.1) is 0 Å². The van der Waals surface area contributed by atoms with E-state index in [1.165, 1.54) is 20.9 Å². The summed E-state index contributed by atoms with van der Waals surface area (Å²) in [4.78, 5) is 55.3. The number of rotatable bonds is 10. The van der Waals surface area contributed by atoms with Gasteiger partial charge in [0.15, 0.2) is 0 Å². The molecule has 0 unspecified atom stereocenters. The minimum absolute atomic E-state index is 0. The molecule has 0 radical (unpaired) electrons. The van der Waals surface area contributed by atoms with E-state index in [2.05, 4.69) is 10.6 Å². The standard InChI is InChI=1S/C32H34F2N6O4.CH4/c1-2-14-38-20-30(42)39-28(15-22-8-12-26(13-9-22)36-21-41)31(43)37(18-24-10-11-25(33)16-27(24)34)19-29(39)40(38)32(44)35-17-23-6-4-3-5-7-23;/h3-13,16,21,28-29H,2,14-15,17-20H2,1H3,(H,35,44)(H,36,41);1H4/t28-,29-;/m0./s1. The highest BCUT2D eigenvalue weighted by Gasteiger charge is 2.51. The van der Waals surface area contributed by atoms with Crippen LogP contribution in [0.5, 0.6) is 0 Å². The Morgan fingerprint density at radius 1 is 1.00 bits per heavy atom. The monoisotopic (exact) mass is 620 g/mol. The lowest BCUT2D eigenvalue weighted by molar-refractivity contribution is -0.191. The number of hydrazine groups is 1. The number of anilines is 1. The third kappa shape index (κ3) is 7.46. The summed E-state index contributed by atoms with van der Waals surface area (Å²) in [5.74, 6) is -2.25. The van der Waals surface area contributed by atoms with Gasteiger partial charge in [-0.05, 0) is 35.7 Å². The van der Waals surface area contributed by atoms with E-state index in [-0.39, 0.29) is 51.5 Å². The summed E-state index contributed by atoms with van der Waals surface area (Å²) in [6, 6.07) is 18.0. The number of halogens is 2. The van der Waals surface area contributed by atoms with E-state index in [9.17, 15) is 28.0 Å². The minimum atomic E-state index is -0.997. The van der Waals surface area contributed by atoms with Crippen molar-refractivity contribution < 1.29 is 28.0 Å². The Hall–Kier alpha value is -4.84. The molecule has 2 aliphatic rings. The summed E-state index contributed by atoms with van der Waals surface area (Å²) < 4.78 is 28.4. The highest BCUT2D eigenvalue weighted by Crippen LogP contribution is 2.30. The minimum Gasteiger partial charge on any atom is -0.333 e. The number of amides is 5. The van der Waals surface area contributed by atoms with Crippen LogP contribution in [0, 0.1) is 11.6 Å². The molecule has 2 atom stereocenters. The summed E-state index contributed by atoms with van der Waals surface area (Å²) in [6.45, 7) is 2.28. The zero-order chi connectivity index (χ0) is 31.2. The summed E-state index contributed by atoms with van der Waals surface area (Å²) >= 11 is 0. The molecule has 10 nitrogen and oxygen atoms in total. The van der Waals surface area contributed by atoms with Crippen LogP contribution in [0.4, 0.5) is 19.3 Å². The third-order valence-electron chi connectivity index (χ3n) is 7.79. The number of urea groups is 1. The molecule has 45 heavy (non-hydrogen) atoms. The van der Waals surface area contributed by atoms with Gasteiger partial charge >= 0.3 is 6.03 Å². The van der Waals surface area contributed by atoms with Gasteiger partial charge in [0.2, 0.25) is 18.2 Å². The van der Waals surface area contributed by atoms with Gasteiger partial charge < -0.3 is 20.4 Å². The number of hydrogen-bond donors (Lipinski definition) is 2. The van der Waals surface area contributed by atoms with E-state index in [1.54, 1.807) is 29.3 Å². The number of carbonyl (C=O) groups is 4. The van der Waals surface area contributed by atoms with Crippen molar-refractivity contribution in [2.75, 3.05) is 25.0 Å². The maximum atomic E-state index is 14.7. The molecule has 0 spiro atoms.